The monoisotopic (exact) mass is 531 g/mol. The highest BCUT2D eigenvalue weighted by atomic mass is 19.3. The van der Waals surface area contributed by atoms with E-state index in [2.05, 4.69) is 20.2 Å². The number of rotatable bonds is 9. The van der Waals surface area contributed by atoms with Gasteiger partial charge in [-0.1, -0.05) is 72.8 Å². The van der Waals surface area contributed by atoms with Gasteiger partial charge in [0.05, 0.1) is 26.0 Å². The van der Waals surface area contributed by atoms with E-state index in [1.165, 1.54) is 5.01 Å². The summed E-state index contributed by atoms with van der Waals surface area (Å²) in [5.41, 5.74) is 3.05. The van der Waals surface area contributed by atoms with Crippen LogP contribution in [0, 0.1) is 0 Å². The maximum atomic E-state index is 14.1. The molecule has 1 amide bonds. The number of carbonyl (C=O) groups excluding carboxylic acids is 1. The first-order valence-corrected chi connectivity index (χ1v) is 12.6. The Morgan fingerprint density at radius 2 is 1.62 bits per heavy atom. The fraction of sp³-hybridized carbons (Fsp3) is 0.241. The molecule has 0 aliphatic carbocycles. The Morgan fingerprint density at radius 1 is 0.949 bits per heavy atom. The van der Waals surface area contributed by atoms with E-state index >= 15 is 0 Å². The Kier molecular flexibility index (Phi) is 8.45. The summed E-state index contributed by atoms with van der Waals surface area (Å²) in [4.78, 5) is 16.2. The molecule has 39 heavy (non-hydrogen) atoms. The van der Waals surface area contributed by atoms with Crippen molar-refractivity contribution >= 4 is 12.1 Å². The van der Waals surface area contributed by atoms with Crippen LogP contribution in [0.15, 0.2) is 94.4 Å². The molecular formula is C29H27F2N5O3. The molecule has 0 unspecified atom stereocenters. The van der Waals surface area contributed by atoms with E-state index in [1.54, 1.807) is 30.5 Å². The fourth-order valence-electron chi connectivity index (χ4n) is 4.34. The molecule has 1 saturated heterocycles. The lowest BCUT2D eigenvalue weighted by molar-refractivity contribution is -0.139. The summed E-state index contributed by atoms with van der Waals surface area (Å²) in [7, 11) is 0. The van der Waals surface area contributed by atoms with Crippen molar-refractivity contribution in [2.45, 2.75) is 19.0 Å². The molecule has 10 heteroatoms. The summed E-state index contributed by atoms with van der Waals surface area (Å²) in [6.07, 6.45) is -1.23. The SMILES string of the molecule is O=C([C@@H](c1ccccc1)N1CCOCC1)N(Cc1ccccc1)/N=C/c1ccc(-c2nnc(C(F)F)o2)cc1. The molecule has 0 bridgehead atoms. The van der Waals surface area contributed by atoms with Gasteiger partial charge in [-0.3, -0.25) is 9.69 Å². The van der Waals surface area contributed by atoms with Gasteiger partial charge in [0.2, 0.25) is 5.89 Å². The number of hydrazone groups is 1. The van der Waals surface area contributed by atoms with Crippen molar-refractivity contribution in [3.8, 4) is 11.5 Å². The Labute approximate surface area is 224 Å². The standard InChI is InChI=1S/C29H27F2N5O3/c30-26(31)28-34-33-27(39-28)24-13-11-21(12-14-24)19-32-36(20-22-7-3-1-4-8-22)29(37)25(23-9-5-2-6-10-23)35-15-17-38-18-16-35/h1-14,19,25-26H,15-18,20H2/b32-19+/t25-/m1/s1. The zero-order valence-electron chi connectivity index (χ0n) is 21.1. The number of hydrogen-bond donors (Lipinski definition) is 0. The second kappa shape index (κ2) is 12.5. The van der Waals surface area contributed by atoms with Crippen LogP contribution in [0.5, 0.6) is 0 Å². The first-order chi connectivity index (χ1) is 19.1. The topological polar surface area (TPSA) is 84.1 Å². The van der Waals surface area contributed by atoms with Crippen LogP contribution in [-0.2, 0) is 16.1 Å². The van der Waals surface area contributed by atoms with Crippen molar-refractivity contribution in [2.75, 3.05) is 26.3 Å². The van der Waals surface area contributed by atoms with Gasteiger partial charge in [-0.05, 0) is 28.8 Å². The van der Waals surface area contributed by atoms with Gasteiger partial charge in [0.15, 0.2) is 0 Å². The smallest absolute Gasteiger partial charge is 0.314 e. The van der Waals surface area contributed by atoms with Gasteiger partial charge < -0.3 is 9.15 Å². The average molecular weight is 532 g/mol. The molecule has 2 heterocycles. The molecule has 8 nitrogen and oxygen atoms in total. The van der Waals surface area contributed by atoms with E-state index in [-0.39, 0.29) is 11.8 Å². The summed E-state index contributed by atoms with van der Waals surface area (Å²) >= 11 is 0. The third-order valence-corrected chi connectivity index (χ3v) is 6.32. The summed E-state index contributed by atoms with van der Waals surface area (Å²) in [5.74, 6) is -0.866. The quantitative estimate of drug-likeness (QED) is 0.221. The zero-order valence-corrected chi connectivity index (χ0v) is 21.1. The molecule has 0 spiro atoms. The van der Waals surface area contributed by atoms with Crippen molar-refractivity contribution in [1.29, 1.82) is 0 Å². The highest BCUT2D eigenvalue weighted by Gasteiger charge is 2.32. The number of aromatic nitrogens is 2. The van der Waals surface area contributed by atoms with Crippen LogP contribution >= 0.6 is 0 Å². The molecule has 0 N–H and O–H groups in total. The van der Waals surface area contributed by atoms with Gasteiger partial charge in [-0.2, -0.15) is 13.9 Å². The number of ether oxygens (including phenoxy) is 1. The molecule has 1 fully saturated rings. The molecule has 1 aromatic heterocycles. The van der Waals surface area contributed by atoms with E-state index in [4.69, 9.17) is 9.15 Å². The maximum Gasteiger partial charge on any atom is 0.314 e. The Hall–Kier alpha value is -4.28. The van der Waals surface area contributed by atoms with Crippen LogP contribution in [0.25, 0.3) is 11.5 Å². The van der Waals surface area contributed by atoms with Gasteiger partial charge in [0, 0.05) is 18.7 Å². The number of hydrogen-bond acceptors (Lipinski definition) is 7. The van der Waals surface area contributed by atoms with Crippen molar-refractivity contribution in [1.82, 2.24) is 20.1 Å². The van der Waals surface area contributed by atoms with Crippen LogP contribution in [-0.4, -0.2) is 58.5 Å². The Balaban J connectivity index is 1.41. The number of alkyl halides is 2. The number of benzene rings is 3. The average Bonchev–Trinajstić information content (AvgIpc) is 3.48. The van der Waals surface area contributed by atoms with Crippen LogP contribution in [0.2, 0.25) is 0 Å². The van der Waals surface area contributed by atoms with Crippen LogP contribution in [0.3, 0.4) is 0 Å². The van der Waals surface area contributed by atoms with Crippen molar-refractivity contribution in [3.05, 3.63) is 108 Å². The van der Waals surface area contributed by atoms with Gasteiger partial charge in [-0.15, -0.1) is 10.2 Å². The number of amides is 1. The van der Waals surface area contributed by atoms with E-state index < -0.39 is 18.4 Å². The lowest BCUT2D eigenvalue weighted by Crippen LogP contribution is -2.46. The molecular weight excluding hydrogens is 504 g/mol. The van der Waals surface area contributed by atoms with Crippen molar-refractivity contribution < 1.29 is 22.7 Å². The minimum absolute atomic E-state index is 0.00545. The van der Waals surface area contributed by atoms with Crippen LogP contribution in [0.4, 0.5) is 8.78 Å². The van der Waals surface area contributed by atoms with E-state index in [1.807, 2.05) is 60.7 Å². The number of carbonyl (C=O) groups is 1. The largest absolute Gasteiger partial charge is 0.415 e. The molecule has 3 aromatic carbocycles. The summed E-state index contributed by atoms with van der Waals surface area (Å²) in [6, 6.07) is 25.7. The van der Waals surface area contributed by atoms with Crippen molar-refractivity contribution in [3.63, 3.8) is 0 Å². The molecule has 0 saturated carbocycles. The fourth-order valence-corrected chi connectivity index (χ4v) is 4.34. The van der Waals surface area contributed by atoms with Crippen LogP contribution in [0.1, 0.15) is 35.0 Å². The molecule has 1 atom stereocenters. The third-order valence-electron chi connectivity index (χ3n) is 6.32. The predicted molar refractivity (Wildman–Crippen MR) is 141 cm³/mol. The second-order valence-electron chi connectivity index (χ2n) is 8.96. The Bertz CT molecular complexity index is 1380. The molecule has 1 aliphatic rings. The lowest BCUT2D eigenvalue weighted by atomic mass is 10.0. The highest BCUT2D eigenvalue weighted by Crippen LogP contribution is 2.26. The third kappa shape index (κ3) is 6.60. The lowest BCUT2D eigenvalue weighted by Gasteiger charge is -2.35. The van der Waals surface area contributed by atoms with Crippen molar-refractivity contribution in [2.24, 2.45) is 5.10 Å². The second-order valence-corrected chi connectivity index (χ2v) is 8.96. The summed E-state index contributed by atoms with van der Waals surface area (Å²) in [5, 5.41) is 13.1. The van der Waals surface area contributed by atoms with Gasteiger partial charge in [-0.25, -0.2) is 5.01 Å². The Morgan fingerprint density at radius 3 is 2.26 bits per heavy atom. The molecule has 5 rings (SSSR count). The minimum Gasteiger partial charge on any atom is -0.415 e. The first-order valence-electron chi connectivity index (χ1n) is 12.6. The maximum absolute atomic E-state index is 14.1. The highest BCUT2D eigenvalue weighted by molar-refractivity contribution is 5.86. The first kappa shape index (κ1) is 26.3. The number of morpholine rings is 1. The molecule has 1 aliphatic heterocycles. The van der Waals surface area contributed by atoms with Gasteiger partial charge >= 0.3 is 6.43 Å². The van der Waals surface area contributed by atoms with Crippen LogP contribution < -0.4 is 0 Å². The minimum atomic E-state index is -2.83. The summed E-state index contributed by atoms with van der Waals surface area (Å²) in [6.45, 7) is 2.69. The number of nitrogens with zero attached hydrogens (tertiary/aromatic N) is 5. The number of halogens is 2. The summed E-state index contributed by atoms with van der Waals surface area (Å²) < 4.78 is 36.1. The molecule has 0 radical (unpaired) electrons. The van der Waals surface area contributed by atoms with E-state index in [9.17, 15) is 13.6 Å². The van der Waals surface area contributed by atoms with E-state index in [0.717, 1.165) is 11.1 Å². The van der Waals surface area contributed by atoms with Gasteiger partial charge in [0.1, 0.15) is 6.04 Å². The normalized spacial score (nSPS) is 15.1. The van der Waals surface area contributed by atoms with Gasteiger partial charge in [0.25, 0.3) is 11.8 Å². The van der Waals surface area contributed by atoms with E-state index in [0.29, 0.717) is 44.0 Å². The molecule has 200 valence electrons. The predicted octanol–water partition coefficient (Wildman–Crippen LogP) is 5.11. The zero-order chi connectivity index (χ0) is 27.0. The molecule has 4 aromatic rings.